The zero-order chi connectivity index (χ0) is 21.0. The van der Waals surface area contributed by atoms with Gasteiger partial charge in [0.2, 0.25) is 0 Å². The smallest absolute Gasteiger partial charge is 0.337 e. The number of ether oxygens (including phenoxy) is 1. The molecule has 0 aliphatic rings. The molecule has 7 heteroatoms. The second kappa shape index (κ2) is 8.75. The quantitative estimate of drug-likeness (QED) is 0.653. The minimum Gasteiger partial charge on any atom is -0.465 e. The summed E-state index contributed by atoms with van der Waals surface area (Å²) in [6, 6.07) is 16.8. The number of carbonyl (C=O) groups excluding carboxylic acids is 2. The maximum Gasteiger partial charge on any atom is 0.337 e. The highest BCUT2D eigenvalue weighted by molar-refractivity contribution is 6.30. The Bertz CT molecular complexity index is 1120. The maximum absolute atomic E-state index is 12.9. The summed E-state index contributed by atoms with van der Waals surface area (Å²) in [6.07, 6.45) is 0. The lowest BCUT2D eigenvalue weighted by Gasteiger charge is -2.12. The fourth-order valence-corrected chi connectivity index (χ4v) is 3.08. The molecule has 148 valence electrons. The molecule has 0 aliphatic carbocycles. The van der Waals surface area contributed by atoms with Crippen molar-refractivity contribution in [1.82, 2.24) is 9.88 Å². The number of carbonyl (C=O) groups is 2. The number of hydrogen-bond acceptors (Lipinski definition) is 4. The lowest BCUT2D eigenvalue weighted by Crippen LogP contribution is -2.33. The lowest BCUT2D eigenvalue weighted by molar-refractivity contribution is 0.0600. The van der Waals surface area contributed by atoms with E-state index in [0.29, 0.717) is 22.0 Å². The zero-order valence-electron chi connectivity index (χ0n) is 15.9. The van der Waals surface area contributed by atoms with Crippen LogP contribution in [0.5, 0.6) is 0 Å². The molecule has 0 fully saturated rings. The molecule has 1 amide bonds. The van der Waals surface area contributed by atoms with E-state index >= 15 is 0 Å². The molecular formula is C22H19ClN2O4. The van der Waals surface area contributed by atoms with Gasteiger partial charge in [0.05, 0.1) is 18.4 Å². The summed E-state index contributed by atoms with van der Waals surface area (Å²) in [5.41, 5.74) is 2.09. The van der Waals surface area contributed by atoms with Crippen LogP contribution >= 0.6 is 11.6 Å². The third kappa shape index (κ3) is 4.55. The Kier molecular flexibility index (Phi) is 6.14. The van der Waals surface area contributed by atoms with Crippen molar-refractivity contribution in [3.63, 3.8) is 0 Å². The van der Waals surface area contributed by atoms with Gasteiger partial charge in [-0.2, -0.15) is 0 Å². The Balaban J connectivity index is 1.80. The molecular weight excluding hydrogens is 392 g/mol. The van der Waals surface area contributed by atoms with Crippen molar-refractivity contribution in [2.24, 2.45) is 0 Å². The number of esters is 1. The summed E-state index contributed by atoms with van der Waals surface area (Å²) in [6.45, 7) is 2.00. The molecule has 3 aromatic rings. The van der Waals surface area contributed by atoms with Gasteiger partial charge in [-0.15, -0.1) is 0 Å². The molecule has 29 heavy (non-hydrogen) atoms. The molecule has 2 aromatic carbocycles. The summed E-state index contributed by atoms with van der Waals surface area (Å²) in [7, 11) is 1.31. The maximum atomic E-state index is 12.9. The van der Waals surface area contributed by atoms with E-state index in [2.05, 4.69) is 10.1 Å². The van der Waals surface area contributed by atoms with Crippen molar-refractivity contribution in [3.05, 3.63) is 98.4 Å². The summed E-state index contributed by atoms with van der Waals surface area (Å²) in [5, 5.41) is 3.23. The molecule has 6 nitrogen and oxygen atoms in total. The molecule has 1 N–H and O–H groups in total. The van der Waals surface area contributed by atoms with Crippen molar-refractivity contribution in [2.75, 3.05) is 7.11 Å². The van der Waals surface area contributed by atoms with Gasteiger partial charge in [0.15, 0.2) is 0 Å². The number of halogens is 1. The van der Waals surface area contributed by atoms with Gasteiger partial charge in [-0.3, -0.25) is 14.2 Å². The number of amides is 1. The fraction of sp³-hybridized carbons (Fsp3) is 0.136. The first-order chi connectivity index (χ1) is 13.9. The number of nitrogens with one attached hydrogen (secondary N) is 1. The van der Waals surface area contributed by atoms with Crippen molar-refractivity contribution < 1.29 is 14.3 Å². The van der Waals surface area contributed by atoms with Crippen LogP contribution in [0.3, 0.4) is 0 Å². The first-order valence-corrected chi connectivity index (χ1v) is 9.22. The van der Waals surface area contributed by atoms with Gasteiger partial charge in [-0.05, 0) is 55.0 Å². The van der Waals surface area contributed by atoms with Crippen LogP contribution in [0, 0.1) is 6.92 Å². The van der Waals surface area contributed by atoms with E-state index in [0.717, 1.165) is 5.56 Å². The molecule has 0 spiro atoms. The van der Waals surface area contributed by atoms with Crippen molar-refractivity contribution in [1.29, 1.82) is 0 Å². The van der Waals surface area contributed by atoms with Crippen molar-refractivity contribution >= 4 is 23.5 Å². The molecule has 1 heterocycles. The Hall–Kier alpha value is -3.38. The third-order valence-corrected chi connectivity index (χ3v) is 4.65. The normalized spacial score (nSPS) is 10.4. The number of methoxy groups -OCH3 is 1. The standard InChI is InChI=1S/C22H19ClN2O4/c1-14-6-11-19(21(27)25(14)18-5-3-4-17(23)12-18)20(26)24-13-15-7-9-16(10-8-15)22(28)29-2/h3-12H,13H2,1-2H3,(H,24,26). The molecule has 1 aromatic heterocycles. The van der Waals surface area contributed by atoms with Crippen LogP contribution in [0.15, 0.2) is 65.5 Å². The zero-order valence-corrected chi connectivity index (χ0v) is 16.7. The van der Waals surface area contributed by atoms with Gasteiger partial charge in [0.1, 0.15) is 5.56 Å². The van der Waals surface area contributed by atoms with Gasteiger partial charge < -0.3 is 10.1 Å². The van der Waals surface area contributed by atoms with E-state index in [-0.39, 0.29) is 12.1 Å². The monoisotopic (exact) mass is 410 g/mol. The van der Waals surface area contributed by atoms with Gasteiger partial charge in [0.25, 0.3) is 11.5 Å². The van der Waals surface area contributed by atoms with Gasteiger partial charge >= 0.3 is 5.97 Å². The molecule has 0 saturated carbocycles. The van der Waals surface area contributed by atoms with E-state index in [9.17, 15) is 14.4 Å². The SMILES string of the molecule is COC(=O)c1ccc(CNC(=O)c2ccc(C)n(-c3cccc(Cl)c3)c2=O)cc1. The molecule has 0 aliphatic heterocycles. The second-order valence-electron chi connectivity index (χ2n) is 6.38. The molecule has 3 rings (SSSR count). The number of hydrogen-bond donors (Lipinski definition) is 1. The van der Waals surface area contributed by atoms with Crippen LogP contribution in [0.25, 0.3) is 5.69 Å². The largest absolute Gasteiger partial charge is 0.465 e. The van der Waals surface area contributed by atoms with E-state index in [1.807, 2.05) is 0 Å². The first kappa shape index (κ1) is 20.4. The Morgan fingerprint density at radius 3 is 2.45 bits per heavy atom. The number of nitrogens with zero attached hydrogens (tertiary/aromatic N) is 1. The summed E-state index contributed by atoms with van der Waals surface area (Å²) in [5.74, 6) is -0.912. The third-order valence-electron chi connectivity index (χ3n) is 4.42. The number of aryl methyl sites for hydroxylation is 1. The van der Waals surface area contributed by atoms with Gasteiger partial charge in [0, 0.05) is 17.3 Å². The van der Waals surface area contributed by atoms with Crippen LogP contribution in [-0.2, 0) is 11.3 Å². The molecule has 0 atom stereocenters. The first-order valence-electron chi connectivity index (χ1n) is 8.85. The highest BCUT2D eigenvalue weighted by Gasteiger charge is 2.15. The Labute approximate surface area is 172 Å². The number of rotatable bonds is 5. The number of aromatic nitrogens is 1. The number of benzene rings is 2. The Morgan fingerprint density at radius 1 is 1.07 bits per heavy atom. The fourth-order valence-electron chi connectivity index (χ4n) is 2.89. The lowest BCUT2D eigenvalue weighted by atomic mass is 10.1. The highest BCUT2D eigenvalue weighted by Crippen LogP contribution is 2.15. The van der Waals surface area contributed by atoms with Crippen molar-refractivity contribution in [3.8, 4) is 5.69 Å². The van der Waals surface area contributed by atoms with Crippen LogP contribution in [0.2, 0.25) is 5.02 Å². The summed E-state index contributed by atoms with van der Waals surface area (Å²) >= 11 is 6.04. The summed E-state index contributed by atoms with van der Waals surface area (Å²) < 4.78 is 6.11. The van der Waals surface area contributed by atoms with Crippen LogP contribution in [-0.4, -0.2) is 23.6 Å². The highest BCUT2D eigenvalue weighted by atomic mass is 35.5. The van der Waals surface area contributed by atoms with Crippen LogP contribution in [0.1, 0.15) is 32.0 Å². The van der Waals surface area contributed by atoms with E-state index < -0.39 is 17.4 Å². The minimum absolute atomic E-state index is 0.0294. The van der Waals surface area contributed by atoms with E-state index in [4.69, 9.17) is 11.6 Å². The van der Waals surface area contributed by atoms with Crippen LogP contribution < -0.4 is 10.9 Å². The molecule has 0 radical (unpaired) electrons. The van der Waals surface area contributed by atoms with E-state index in [1.165, 1.54) is 17.7 Å². The van der Waals surface area contributed by atoms with Gasteiger partial charge in [-0.25, -0.2) is 4.79 Å². The van der Waals surface area contributed by atoms with Crippen LogP contribution in [0.4, 0.5) is 0 Å². The average molecular weight is 411 g/mol. The number of pyridine rings is 1. The second-order valence-corrected chi connectivity index (χ2v) is 6.82. The minimum atomic E-state index is -0.483. The molecule has 0 unspecified atom stereocenters. The summed E-state index contributed by atoms with van der Waals surface area (Å²) in [4.78, 5) is 37.0. The molecule has 0 bridgehead atoms. The van der Waals surface area contributed by atoms with Gasteiger partial charge in [-0.1, -0.05) is 29.8 Å². The molecule has 0 saturated heterocycles. The van der Waals surface area contributed by atoms with Crippen molar-refractivity contribution in [2.45, 2.75) is 13.5 Å². The van der Waals surface area contributed by atoms with E-state index in [1.54, 1.807) is 61.5 Å². The topological polar surface area (TPSA) is 77.4 Å². The predicted octanol–water partition coefficient (Wildman–Crippen LogP) is 3.52. The average Bonchev–Trinajstić information content (AvgIpc) is 2.72. The predicted molar refractivity (Wildman–Crippen MR) is 111 cm³/mol. The Morgan fingerprint density at radius 2 is 1.79 bits per heavy atom.